The molecule has 24 heavy (non-hydrogen) atoms. The Bertz CT molecular complexity index is 844. The molecular weight excluding hydrogens is 306 g/mol. The van der Waals surface area contributed by atoms with Crippen molar-refractivity contribution in [1.82, 2.24) is 14.8 Å². The molecule has 2 heterocycles. The molecule has 0 spiro atoms. The first-order chi connectivity index (χ1) is 11.6. The first kappa shape index (κ1) is 15.7. The van der Waals surface area contributed by atoms with Crippen molar-refractivity contribution in [2.75, 3.05) is 0 Å². The first-order valence-electron chi connectivity index (χ1n) is 7.46. The van der Waals surface area contributed by atoms with Crippen molar-refractivity contribution in [3.8, 4) is 11.5 Å². The molecule has 3 rings (SSSR count). The number of esters is 1. The molecule has 0 N–H and O–H groups in total. The van der Waals surface area contributed by atoms with Gasteiger partial charge in [0, 0.05) is 24.5 Å². The normalized spacial score (nSPS) is 10.4. The quantitative estimate of drug-likeness (QED) is 0.674. The van der Waals surface area contributed by atoms with Gasteiger partial charge in [-0.25, -0.2) is 4.79 Å². The lowest BCUT2D eigenvalue weighted by Gasteiger charge is -2.11. The summed E-state index contributed by atoms with van der Waals surface area (Å²) in [4.78, 5) is 16.2. The minimum Gasteiger partial charge on any atom is -0.457 e. The van der Waals surface area contributed by atoms with Gasteiger partial charge in [0.2, 0.25) is 0 Å². The van der Waals surface area contributed by atoms with E-state index < -0.39 is 5.97 Å². The minimum absolute atomic E-state index is 0.115. The molecular formula is C18H17N3O3. The number of rotatable bonds is 5. The molecule has 3 aromatic rings. The molecule has 1 aromatic carbocycles. The standard InChI is InChI=1S/C18H17N3O3/c1-13-16(11-20-21(13)2)18(22)23-12-14-6-3-4-8-17(14)24-15-7-5-9-19-10-15/h3-11H,12H2,1-2H3. The molecule has 0 aliphatic rings. The van der Waals surface area contributed by atoms with E-state index in [4.69, 9.17) is 9.47 Å². The van der Waals surface area contributed by atoms with Gasteiger partial charge < -0.3 is 9.47 Å². The fourth-order valence-electron chi connectivity index (χ4n) is 2.18. The largest absolute Gasteiger partial charge is 0.457 e. The van der Waals surface area contributed by atoms with Gasteiger partial charge in [0.15, 0.2) is 0 Å². The van der Waals surface area contributed by atoms with E-state index in [1.54, 1.807) is 30.2 Å². The van der Waals surface area contributed by atoms with E-state index in [2.05, 4.69) is 10.1 Å². The Morgan fingerprint density at radius 2 is 2.00 bits per heavy atom. The second-order valence-corrected chi connectivity index (χ2v) is 5.24. The number of hydrogen-bond donors (Lipinski definition) is 0. The molecule has 6 nitrogen and oxygen atoms in total. The summed E-state index contributed by atoms with van der Waals surface area (Å²) in [5, 5.41) is 4.05. The van der Waals surface area contributed by atoms with E-state index in [0.717, 1.165) is 11.3 Å². The Balaban J connectivity index is 1.71. The molecule has 0 atom stereocenters. The van der Waals surface area contributed by atoms with Crippen LogP contribution >= 0.6 is 0 Å². The van der Waals surface area contributed by atoms with Crippen LogP contribution in [0.15, 0.2) is 55.0 Å². The first-order valence-corrected chi connectivity index (χ1v) is 7.46. The predicted octanol–water partition coefficient (Wildman–Crippen LogP) is 3.27. The van der Waals surface area contributed by atoms with Crippen molar-refractivity contribution in [3.05, 3.63) is 71.8 Å². The van der Waals surface area contributed by atoms with E-state index in [1.807, 2.05) is 37.3 Å². The maximum atomic E-state index is 12.2. The Labute approximate surface area is 139 Å². The van der Waals surface area contributed by atoms with Crippen LogP contribution in [0.4, 0.5) is 0 Å². The number of aryl methyl sites for hydroxylation is 1. The van der Waals surface area contributed by atoms with E-state index in [-0.39, 0.29) is 6.61 Å². The van der Waals surface area contributed by atoms with Crippen molar-refractivity contribution in [2.45, 2.75) is 13.5 Å². The summed E-state index contributed by atoms with van der Waals surface area (Å²) in [5.74, 6) is 0.845. The second-order valence-electron chi connectivity index (χ2n) is 5.24. The van der Waals surface area contributed by atoms with Crippen molar-refractivity contribution in [3.63, 3.8) is 0 Å². The van der Waals surface area contributed by atoms with Crippen LogP contribution in [0.5, 0.6) is 11.5 Å². The van der Waals surface area contributed by atoms with Gasteiger partial charge in [-0.15, -0.1) is 0 Å². The number of aromatic nitrogens is 3. The van der Waals surface area contributed by atoms with Crippen LogP contribution in [-0.2, 0) is 18.4 Å². The molecule has 6 heteroatoms. The molecule has 0 radical (unpaired) electrons. The summed E-state index contributed by atoms with van der Waals surface area (Å²) in [6.07, 6.45) is 4.81. The zero-order valence-corrected chi connectivity index (χ0v) is 13.5. The molecule has 0 amide bonds. The third-order valence-electron chi connectivity index (χ3n) is 3.65. The number of benzene rings is 1. The van der Waals surface area contributed by atoms with Crippen molar-refractivity contribution in [1.29, 1.82) is 0 Å². The highest BCUT2D eigenvalue weighted by Gasteiger charge is 2.15. The van der Waals surface area contributed by atoms with E-state index >= 15 is 0 Å². The van der Waals surface area contributed by atoms with Crippen LogP contribution in [0.2, 0.25) is 0 Å². The Morgan fingerprint density at radius 3 is 2.71 bits per heavy atom. The van der Waals surface area contributed by atoms with E-state index in [0.29, 0.717) is 17.1 Å². The van der Waals surface area contributed by atoms with Crippen LogP contribution in [0.1, 0.15) is 21.6 Å². The van der Waals surface area contributed by atoms with Gasteiger partial charge in [-0.2, -0.15) is 5.10 Å². The van der Waals surface area contributed by atoms with Gasteiger partial charge in [0.1, 0.15) is 23.7 Å². The minimum atomic E-state index is -0.406. The monoisotopic (exact) mass is 323 g/mol. The molecule has 2 aromatic heterocycles. The average Bonchev–Trinajstić information content (AvgIpc) is 2.94. The van der Waals surface area contributed by atoms with Gasteiger partial charge in [0.05, 0.1) is 12.4 Å². The van der Waals surface area contributed by atoms with Gasteiger partial charge in [-0.1, -0.05) is 18.2 Å². The lowest BCUT2D eigenvalue weighted by molar-refractivity contribution is 0.0469. The number of hydrogen-bond acceptors (Lipinski definition) is 5. The SMILES string of the molecule is Cc1c(C(=O)OCc2ccccc2Oc2cccnc2)cnn1C. The number of pyridine rings is 1. The predicted molar refractivity (Wildman–Crippen MR) is 87.8 cm³/mol. The summed E-state index contributed by atoms with van der Waals surface area (Å²) in [6.45, 7) is 1.94. The van der Waals surface area contributed by atoms with Crippen LogP contribution in [0.3, 0.4) is 0 Å². The fourth-order valence-corrected chi connectivity index (χ4v) is 2.18. The summed E-state index contributed by atoms with van der Waals surface area (Å²) in [5.41, 5.74) is 2.00. The number of carbonyl (C=O) groups is 1. The smallest absolute Gasteiger partial charge is 0.341 e. The van der Waals surface area contributed by atoms with Gasteiger partial charge in [-0.05, 0) is 25.1 Å². The zero-order valence-electron chi connectivity index (χ0n) is 13.5. The molecule has 0 aliphatic heterocycles. The summed E-state index contributed by atoms with van der Waals surface area (Å²) in [6, 6.07) is 11.0. The highest BCUT2D eigenvalue weighted by atomic mass is 16.5. The van der Waals surface area contributed by atoms with Gasteiger partial charge in [-0.3, -0.25) is 9.67 Å². The van der Waals surface area contributed by atoms with Crippen LogP contribution in [-0.4, -0.2) is 20.7 Å². The summed E-state index contributed by atoms with van der Waals surface area (Å²) < 4.78 is 12.8. The van der Waals surface area contributed by atoms with Crippen molar-refractivity contribution in [2.24, 2.45) is 7.05 Å². The molecule has 0 aliphatic carbocycles. The maximum Gasteiger partial charge on any atom is 0.341 e. The summed E-state index contributed by atoms with van der Waals surface area (Å²) >= 11 is 0. The number of nitrogens with zero attached hydrogens (tertiary/aromatic N) is 3. The van der Waals surface area contributed by atoms with E-state index in [9.17, 15) is 4.79 Å². The van der Waals surface area contributed by atoms with Crippen molar-refractivity contribution < 1.29 is 14.3 Å². The lowest BCUT2D eigenvalue weighted by Crippen LogP contribution is -2.07. The van der Waals surface area contributed by atoms with Crippen LogP contribution in [0, 0.1) is 6.92 Å². The highest BCUT2D eigenvalue weighted by molar-refractivity contribution is 5.90. The van der Waals surface area contributed by atoms with Crippen LogP contribution in [0.25, 0.3) is 0 Å². The van der Waals surface area contributed by atoms with Gasteiger partial charge in [0.25, 0.3) is 0 Å². The second kappa shape index (κ2) is 6.95. The van der Waals surface area contributed by atoms with Crippen LogP contribution < -0.4 is 4.74 Å². The van der Waals surface area contributed by atoms with E-state index in [1.165, 1.54) is 6.20 Å². The van der Waals surface area contributed by atoms with Gasteiger partial charge >= 0.3 is 5.97 Å². The zero-order chi connectivity index (χ0) is 16.9. The lowest BCUT2D eigenvalue weighted by atomic mass is 10.2. The Hall–Kier alpha value is -3.15. The fraction of sp³-hybridized carbons (Fsp3) is 0.167. The number of para-hydroxylation sites is 1. The third-order valence-corrected chi connectivity index (χ3v) is 3.65. The maximum absolute atomic E-state index is 12.2. The molecule has 0 unspecified atom stereocenters. The number of ether oxygens (including phenoxy) is 2. The van der Waals surface area contributed by atoms with Crippen molar-refractivity contribution >= 4 is 5.97 Å². The molecule has 122 valence electrons. The number of carbonyl (C=O) groups excluding carboxylic acids is 1. The average molecular weight is 323 g/mol. The Morgan fingerprint density at radius 1 is 1.17 bits per heavy atom. The molecule has 0 saturated carbocycles. The summed E-state index contributed by atoms with van der Waals surface area (Å²) in [7, 11) is 1.78. The molecule has 0 saturated heterocycles. The molecule has 0 fully saturated rings. The Kier molecular flexibility index (Phi) is 4.56. The topological polar surface area (TPSA) is 66.2 Å². The third kappa shape index (κ3) is 3.43. The molecule has 0 bridgehead atoms. The highest BCUT2D eigenvalue weighted by Crippen LogP contribution is 2.25.